The molecule has 4 nitrogen and oxygen atoms in total. The molecule has 1 atom stereocenters. The molecule has 24 heavy (non-hydrogen) atoms. The van der Waals surface area contributed by atoms with E-state index in [9.17, 15) is 0 Å². The van der Waals surface area contributed by atoms with Gasteiger partial charge >= 0.3 is 0 Å². The zero-order valence-electron chi connectivity index (χ0n) is 15.1. The summed E-state index contributed by atoms with van der Waals surface area (Å²) in [5, 5.41) is 0. The third-order valence-corrected chi connectivity index (χ3v) is 5.11. The van der Waals surface area contributed by atoms with Gasteiger partial charge in [0.1, 0.15) is 5.82 Å². The average Bonchev–Trinajstić information content (AvgIpc) is 2.97. The minimum Gasteiger partial charge on any atom is -0.333 e. The van der Waals surface area contributed by atoms with Gasteiger partial charge in [0.2, 0.25) is 0 Å². The summed E-state index contributed by atoms with van der Waals surface area (Å²) in [5.41, 5.74) is 1.42. The van der Waals surface area contributed by atoms with Crippen LogP contribution in [-0.2, 0) is 19.5 Å². The van der Waals surface area contributed by atoms with Crippen LogP contribution in [0.4, 0.5) is 0 Å². The van der Waals surface area contributed by atoms with Crippen molar-refractivity contribution in [2.45, 2.75) is 33.4 Å². The van der Waals surface area contributed by atoms with Crippen molar-refractivity contribution in [3.63, 3.8) is 0 Å². The lowest BCUT2D eigenvalue weighted by molar-refractivity contribution is 0.180. The summed E-state index contributed by atoms with van der Waals surface area (Å²) in [6, 6.07) is 10.8. The summed E-state index contributed by atoms with van der Waals surface area (Å²) >= 11 is 0. The Morgan fingerprint density at radius 3 is 2.67 bits per heavy atom. The van der Waals surface area contributed by atoms with E-state index in [0.717, 1.165) is 45.7 Å². The first kappa shape index (κ1) is 17.2. The second-order valence-corrected chi connectivity index (χ2v) is 6.82. The molecule has 0 amide bonds. The van der Waals surface area contributed by atoms with E-state index in [1.54, 1.807) is 0 Å². The fourth-order valence-corrected chi connectivity index (χ4v) is 3.69. The molecule has 1 aromatic heterocycles. The van der Waals surface area contributed by atoms with E-state index >= 15 is 0 Å². The molecule has 0 bridgehead atoms. The standard InChI is InChI=1S/C20H30N4/c1-3-22(4-2)14-19-15-23(12-10-18-8-6-5-7-9-18)17-20-21-11-13-24(20)16-19/h5-9,11,13,19H,3-4,10,12,14-17H2,1-2H3/t19-/m0/s1. The Hall–Kier alpha value is -1.65. The Labute approximate surface area is 146 Å². The largest absolute Gasteiger partial charge is 0.333 e. The Kier molecular flexibility index (Phi) is 6.05. The maximum Gasteiger partial charge on any atom is 0.122 e. The van der Waals surface area contributed by atoms with Crippen molar-refractivity contribution < 1.29 is 0 Å². The molecule has 1 aliphatic heterocycles. The van der Waals surface area contributed by atoms with Crippen molar-refractivity contribution in [3.8, 4) is 0 Å². The van der Waals surface area contributed by atoms with Crippen LogP contribution in [0.15, 0.2) is 42.7 Å². The Morgan fingerprint density at radius 1 is 1.12 bits per heavy atom. The van der Waals surface area contributed by atoms with Crippen molar-refractivity contribution in [2.24, 2.45) is 5.92 Å². The minimum absolute atomic E-state index is 0.663. The summed E-state index contributed by atoms with van der Waals surface area (Å²) < 4.78 is 2.36. The average molecular weight is 326 g/mol. The highest BCUT2D eigenvalue weighted by Crippen LogP contribution is 2.17. The fourth-order valence-electron chi connectivity index (χ4n) is 3.69. The van der Waals surface area contributed by atoms with Gasteiger partial charge in [-0.25, -0.2) is 4.98 Å². The number of hydrogen-bond donors (Lipinski definition) is 0. The highest BCUT2D eigenvalue weighted by atomic mass is 15.2. The lowest BCUT2D eigenvalue weighted by atomic mass is 10.1. The molecule has 1 aliphatic rings. The van der Waals surface area contributed by atoms with E-state index in [2.05, 4.69) is 69.7 Å². The molecule has 1 aromatic carbocycles. The summed E-state index contributed by atoms with van der Waals surface area (Å²) in [6.07, 6.45) is 5.20. The SMILES string of the molecule is CCN(CC)C[C@H]1CN(CCc2ccccc2)Cc2nccn2C1. The van der Waals surface area contributed by atoms with Crippen LogP contribution in [0.5, 0.6) is 0 Å². The first-order valence-corrected chi connectivity index (χ1v) is 9.27. The number of rotatable bonds is 7. The first-order chi connectivity index (χ1) is 11.8. The molecule has 0 saturated heterocycles. The van der Waals surface area contributed by atoms with Crippen LogP contribution >= 0.6 is 0 Å². The summed E-state index contributed by atoms with van der Waals surface area (Å²) in [6.45, 7) is 12.3. The van der Waals surface area contributed by atoms with E-state index in [1.165, 1.54) is 17.9 Å². The number of hydrogen-bond acceptors (Lipinski definition) is 3. The highest BCUT2D eigenvalue weighted by molar-refractivity contribution is 5.15. The highest BCUT2D eigenvalue weighted by Gasteiger charge is 2.23. The minimum atomic E-state index is 0.663. The molecular weight excluding hydrogens is 296 g/mol. The van der Waals surface area contributed by atoms with Crippen LogP contribution in [0, 0.1) is 5.92 Å². The van der Waals surface area contributed by atoms with Crippen LogP contribution in [0.3, 0.4) is 0 Å². The van der Waals surface area contributed by atoms with Gasteiger partial charge in [0.15, 0.2) is 0 Å². The summed E-state index contributed by atoms with van der Waals surface area (Å²) in [4.78, 5) is 9.72. The van der Waals surface area contributed by atoms with E-state index in [0.29, 0.717) is 5.92 Å². The third kappa shape index (κ3) is 4.46. The van der Waals surface area contributed by atoms with Gasteiger partial charge in [-0.05, 0) is 25.1 Å². The van der Waals surface area contributed by atoms with Gasteiger partial charge in [-0.15, -0.1) is 0 Å². The molecule has 2 heterocycles. The van der Waals surface area contributed by atoms with Gasteiger partial charge in [-0.3, -0.25) is 4.90 Å². The molecule has 130 valence electrons. The van der Waals surface area contributed by atoms with Crippen LogP contribution < -0.4 is 0 Å². The van der Waals surface area contributed by atoms with Gasteiger partial charge in [0, 0.05) is 44.5 Å². The van der Waals surface area contributed by atoms with E-state index in [-0.39, 0.29) is 0 Å². The van der Waals surface area contributed by atoms with Gasteiger partial charge in [0.25, 0.3) is 0 Å². The van der Waals surface area contributed by atoms with Crippen molar-refractivity contribution in [1.82, 2.24) is 19.4 Å². The second kappa shape index (κ2) is 8.45. The molecule has 0 fully saturated rings. The van der Waals surface area contributed by atoms with Crippen LogP contribution in [-0.4, -0.2) is 52.1 Å². The zero-order valence-corrected chi connectivity index (χ0v) is 15.1. The Balaban J connectivity index is 1.66. The predicted octanol–water partition coefficient (Wildman–Crippen LogP) is 2.90. The van der Waals surface area contributed by atoms with Crippen molar-refractivity contribution in [1.29, 1.82) is 0 Å². The zero-order chi connectivity index (χ0) is 16.8. The van der Waals surface area contributed by atoms with E-state index in [4.69, 9.17) is 0 Å². The normalized spacial score (nSPS) is 18.5. The van der Waals surface area contributed by atoms with E-state index in [1.807, 2.05) is 6.20 Å². The number of benzene rings is 1. The van der Waals surface area contributed by atoms with Crippen molar-refractivity contribution in [3.05, 3.63) is 54.1 Å². The number of imidazole rings is 1. The molecule has 0 unspecified atom stereocenters. The maximum atomic E-state index is 4.58. The molecule has 0 saturated carbocycles. The maximum absolute atomic E-state index is 4.58. The van der Waals surface area contributed by atoms with E-state index < -0.39 is 0 Å². The van der Waals surface area contributed by atoms with Crippen LogP contribution in [0.25, 0.3) is 0 Å². The molecule has 4 heteroatoms. The van der Waals surface area contributed by atoms with Crippen LogP contribution in [0.1, 0.15) is 25.2 Å². The fraction of sp³-hybridized carbons (Fsp3) is 0.550. The lowest BCUT2D eigenvalue weighted by Gasteiger charge is -2.28. The van der Waals surface area contributed by atoms with Gasteiger partial charge < -0.3 is 9.47 Å². The Bertz CT molecular complexity index is 603. The van der Waals surface area contributed by atoms with Crippen molar-refractivity contribution in [2.75, 3.05) is 32.7 Å². The van der Waals surface area contributed by atoms with Gasteiger partial charge in [-0.2, -0.15) is 0 Å². The molecule has 3 rings (SSSR count). The predicted molar refractivity (Wildman–Crippen MR) is 98.9 cm³/mol. The second-order valence-electron chi connectivity index (χ2n) is 6.82. The number of aromatic nitrogens is 2. The van der Waals surface area contributed by atoms with Crippen molar-refractivity contribution >= 4 is 0 Å². The van der Waals surface area contributed by atoms with Gasteiger partial charge in [-0.1, -0.05) is 44.2 Å². The molecule has 0 spiro atoms. The number of nitrogens with zero attached hydrogens (tertiary/aromatic N) is 4. The quantitative estimate of drug-likeness (QED) is 0.782. The molecule has 0 N–H and O–H groups in total. The summed E-state index contributed by atoms with van der Waals surface area (Å²) in [7, 11) is 0. The smallest absolute Gasteiger partial charge is 0.122 e. The molecule has 2 aromatic rings. The first-order valence-electron chi connectivity index (χ1n) is 9.27. The van der Waals surface area contributed by atoms with Gasteiger partial charge in [0.05, 0.1) is 6.54 Å². The lowest BCUT2D eigenvalue weighted by Crippen LogP contribution is -2.37. The monoisotopic (exact) mass is 326 g/mol. The topological polar surface area (TPSA) is 24.3 Å². The number of fused-ring (bicyclic) bond motifs is 1. The molecular formula is C20H30N4. The Morgan fingerprint density at radius 2 is 1.92 bits per heavy atom. The summed E-state index contributed by atoms with van der Waals surface area (Å²) in [5.74, 6) is 1.88. The molecule has 0 radical (unpaired) electrons. The van der Waals surface area contributed by atoms with Crippen LogP contribution in [0.2, 0.25) is 0 Å². The third-order valence-electron chi connectivity index (χ3n) is 5.11. The molecule has 0 aliphatic carbocycles.